The summed E-state index contributed by atoms with van der Waals surface area (Å²) in [5.74, 6) is 1.01. The molecule has 0 aliphatic carbocycles. The number of methoxy groups -OCH3 is 2. The Hall–Kier alpha value is -1.43. The summed E-state index contributed by atoms with van der Waals surface area (Å²) in [6, 6.07) is 4.17. The highest BCUT2D eigenvalue weighted by Crippen LogP contribution is 2.30. The number of ether oxygens (including phenoxy) is 2. The Morgan fingerprint density at radius 1 is 1.11 bits per heavy atom. The van der Waals surface area contributed by atoms with E-state index in [4.69, 9.17) is 15.2 Å². The number of alkyl halides is 3. The van der Waals surface area contributed by atoms with Crippen molar-refractivity contribution >= 4 is 0 Å². The maximum absolute atomic E-state index is 12.1. The molecule has 102 valence electrons. The van der Waals surface area contributed by atoms with Crippen molar-refractivity contribution in [3.05, 3.63) is 23.8 Å². The highest BCUT2D eigenvalue weighted by molar-refractivity contribution is 5.39. The van der Waals surface area contributed by atoms with Crippen LogP contribution in [0.15, 0.2) is 18.2 Å². The minimum Gasteiger partial charge on any atom is -0.497 e. The summed E-state index contributed by atoms with van der Waals surface area (Å²) < 4.78 is 46.4. The highest BCUT2D eigenvalue weighted by atomic mass is 19.4. The predicted octanol–water partition coefficient (Wildman–Crippen LogP) is 3.05. The first-order valence-corrected chi connectivity index (χ1v) is 5.41. The Morgan fingerprint density at radius 3 is 2.00 bits per heavy atom. The van der Waals surface area contributed by atoms with Gasteiger partial charge in [-0.25, -0.2) is 0 Å². The third-order valence-corrected chi connectivity index (χ3v) is 2.54. The van der Waals surface area contributed by atoms with Crippen molar-refractivity contribution in [2.75, 3.05) is 14.2 Å². The van der Waals surface area contributed by atoms with Gasteiger partial charge in [-0.2, -0.15) is 13.2 Å². The van der Waals surface area contributed by atoms with E-state index in [1.54, 1.807) is 18.2 Å². The van der Waals surface area contributed by atoms with Gasteiger partial charge in [-0.15, -0.1) is 0 Å². The van der Waals surface area contributed by atoms with Crippen LogP contribution in [0, 0.1) is 0 Å². The van der Waals surface area contributed by atoms with Crippen LogP contribution in [0.1, 0.15) is 24.4 Å². The molecule has 0 amide bonds. The lowest BCUT2D eigenvalue weighted by Crippen LogP contribution is -2.16. The number of hydrogen-bond donors (Lipinski definition) is 1. The summed E-state index contributed by atoms with van der Waals surface area (Å²) in [4.78, 5) is 0. The normalized spacial score (nSPS) is 13.2. The van der Waals surface area contributed by atoms with Crippen LogP contribution >= 0.6 is 0 Å². The molecule has 0 heterocycles. The van der Waals surface area contributed by atoms with Gasteiger partial charge in [-0.3, -0.25) is 0 Å². The van der Waals surface area contributed by atoms with Crippen LogP contribution in [0.5, 0.6) is 11.5 Å². The lowest BCUT2D eigenvalue weighted by molar-refractivity contribution is -0.136. The molecule has 0 unspecified atom stereocenters. The quantitative estimate of drug-likeness (QED) is 0.888. The molecule has 0 aliphatic rings. The van der Waals surface area contributed by atoms with Crippen molar-refractivity contribution in [2.24, 2.45) is 5.73 Å². The summed E-state index contributed by atoms with van der Waals surface area (Å²) in [6.45, 7) is 0. The molecule has 0 radical (unpaired) electrons. The van der Waals surface area contributed by atoms with Crippen molar-refractivity contribution in [1.29, 1.82) is 0 Å². The van der Waals surface area contributed by atoms with Gasteiger partial charge in [0.15, 0.2) is 0 Å². The second-order valence-corrected chi connectivity index (χ2v) is 3.91. The van der Waals surface area contributed by atoms with E-state index in [0.717, 1.165) is 0 Å². The molecular weight excluding hydrogens is 247 g/mol. The maximum Gasteiger partial charge on any atom is 0.389 e. The smallest absolute Gasteiger partial charge is 0.389 e. The van der Waals surface area contributed by atoms with Gasteiger partial charge in [-0.1, -0.05) is 0 Å². The molecule has 3 nitrogen and oxygen atoms in total. The minimum absolute atomic E-state index is 0.167. The first-order valence-electron chi connectivity index (χ1n) is 5.41. The molecule has 0 fully saturated rings. The summed E-state index contributed by atoms with van der Waals surface area (Å²) in [6.07, 6.45) is -5.27. The van der Waals surface area contributed by atoms with E-state index in [2.05, 4.69) is 0 Å². The standard InChI is InChI=1S/C12H16F3NO2/c1-17-9-5-8(6-10(7-9)18-2)11(16)3-4-12(13,14)15/h5-7,11H,3-4,16H2,1-2H3/t11-/m1/s1. The molecule has 2 N–H and O–H groups in total. The molecule has 0 bridgehead atoms. The zero-order chi connectivity index (χ0) is 13.8. The largest absolute Gasteiger partial charge is 0.497 e. The van der Waals surface area contributed by atoms with Gasteiger partial charge < -0.3 is 15.2 Å². The Morgan fingerprint density at radius 2 is 1.61 bits per heavy atom. The fourth-order valence-corrected chi connectivity index (χ4v) is 1.53. The SMILES string of the molecule is COc1cc(OC)cc([C@H](N)CCC(F)(F)F)c1. The van der Waals surface area contributed by atoms with Crippen LogP contribution in [0.2, 0.25) is 0 Å². The molecule has 1 aromatic carbocycles. The van der Waals surface area contributed by atoms with Crippen molar-refractivity contribution in [2.45, 2.75) is 25.1 Å². The summed E-state index contributed by atoms with van der Waals surface area (Å²) in [5, 5.41) is 0. The Balaban J connectivity index is 2.81. The van der Waals surface area contributed by atoms with Crippen LogP contribution in [0.4, 0.5) is 13.2 Å². The van der Waals surface area contributed by atoms with Crippen molar-refractivity contribution < 1.29 is 22.6 Å². The molecular formula is C12H16F3NO2. The average Bonchev–Trinajstić information content (AvgIpc) is 2.34. The van der Waals surface area contributed by atoms with Gasteiger partial charge in [0.05, 0.1) is 14.2 Å². The van der Waals surface area contributed by atoms with Gasteiger partial charge in [0, 0.05) is 18.5 Å². The van der Waals surface area contributed by atoms with E-state index in [1.807, 2.05) is 0 Å². The second kappa shape index (κ2) is 5.95. The number of rotatable bonds is 5. The molecule has 1 rings (SSSR count). The molecule has 0 saturated heterocycles. The van der Waals surface area contributed by atoms with E-state index >= 15 is 0 Å². The van der Waals surface area contributed by atoms with Crippen LogP contribution < -0.4 is 15.2 Å². The summed E-state index contributed by atoms with van der Waals surface area (Å²) in [5.41, 5.74) is 6.30. The lowest BCUT2D eigenvalue weighted by Gasteiger charge is -2.15. The van der Waals surface area contributed by atoms with Crippen molar-refractivity contribution in [3.63, 3.8) is 0 Å². The highest BCUT2D eigenvalue weighted by Gasteiger charge is 2.28. The van der Waals surface area contributed by atoms with E-state index in [9.17, 15) is 13.2 Å². The first kappa shape index (κ1) is 14.6. The molecule has 6 heteroatoms. The molecule has 0 aliphatic heterocycles. The van der Waals surface area contributed by atoms with Gasteiger partial charge in [0.2, 0.25) is 0 Å². The van der Waals surface area contributed by atoms with Crippen molar-refractivity contribution in [1.82, 2.24) is 0 Å². The summed E-state index contributed by atoms with van der Waals surface area (Å²) >= 11 is 0. The molecule has 18 heavy (non-hydrogen) atoms. The second-order valence-electron chi connectivity index (χ2n) is 3.91. The Kier molecular flexibility index (Phi) is 4.84. The minimum atomic E-state index is -4.19. The fourth-order valence-electron chi connectivity index (χ4n) is 1.53. The number of nitrogens with two attached hydrogens (primary N) is 1. The van der Waals surface area contributed by atoms with E-state index in [-0.39, 0.29) is 6.42 Å². The zero-order valence-corrected chi connectivity index (χ0v) is 10.3. The van der Waals surface area contributed by atoms with Crippen LogP contribution in [-0.2, 0) is 0 Å². The van der Waals surface area contributed by atoms with Gasteiger partial charge in [0.25, 0.3) is 0 Å². The zero-order valence-electron chi connectivity index (χ0n) is 10.3. The molecule has 1 aromatic rings. The summed E-state index contributed by atoms with van der Waals surface area (Å²) in [7, 11) is 2.94. The van der Waals surface area contributed by atoms with Crippen LogP contribution in [-0.4, -0.2) is 20.4 Å². The van der Waals surface area contributed by atoms with Gasteiger partial charge >= 0.3 is 6.18 Å². The molecule has 0 aromatic heterocycles. The number of hydrogen-bond acceptors (Lipinski definition) is 3. The first-order chi connectivity index (χ1) is 8.35. The molecule has 0 spiro atoms. The third kappa shape index (κ3) is 4.44. The Bertz CT molecular complexity index is 371. The van der Waals surface area contributed by atoms with E-state index < -0.39 is 18.6 Å². The van der Waals surface area contributed by atoms with E-state index in [1.165, 1.54) is 14.2 Å². The number of halogens is 3. The number of benzene rings is 1. The van der Waals surface area contributed by atoms with Gasteiger partial charge in [-0.05, 0) is 24.1 Å². The van der Waals surface area contributed by atoms with E-state index in [0.29, 0.717) is 17.1 Å². The molecule has 0 saturated carbocycles. The van der Waals surface area contributed by atoms with Crippen LogP contribution in [0.3, 0.4) is 0 Å². The lowest BCUT2D eigenvalue weighted by atomic mass is 10.0. The van der Waals surface area contributed by atoms with Gasteiger partial charge in [0.1, 0.15) is 11.5 Å². The van der Waals surface area contributed by atoms with Crippen molar-refractivity contribution in [3.8, 4) is 11.5 Å². The molecule has 1 atom stereocenters. The maximum atomic E-state index is 12.1. The van der Waals surface area contributed by atoms with Crippen LogP contribution in [0.25, 0.3) is 0 Å². The monoisotopic (exact) mass is 263 g/mol. The third-order valence-electron chi connectivity index (χ3n) is 2.54. The topological polar surface area (TPSA) is 44.5 Å². The average molecular weight is 263 g/mol. The predicted molar refractivity (Wildman–Crippen MR) is 61.8 cm³/mol. The fraction of sp³-hybridized carbons (Fsp3) is 0.500. The Labute approximate surface area is 104 Å².